The van der Waals surface area contributed by atoms with E-state index in [0.29, 0.717) is 11.0 Å². The Kier molecular flexibility index (Phi) is 4.29. The van der Waals surface area contributed by atoms with E-state index < -0.39 is 0 Å². The zero-order valence-electron chi connectivity index (χ0n) is 9.36. The van der Waals surface area contributed by atoms with E-state index in [2.05, 4.69) is 30.7 Å². The molecule has 1 rings (SSSR count). The van der Waals surface area contributed by atoms with Gasteiger partial charge in [0.05, 0.1) is 11.0 Å². The zero-order valence-corrected chi connectivity index (χ0v) is 10.2. The van der Waals surface area contributed by atoms with Crippen LogP contribution in [0.1, 0.15) is 20.3 Å². The highest BCUT2D eigenvalue weighted by atomic mass is 32.1. The van der Waals surface area contributed by atoms with Crippen LogP contribution in [0.25, 0.3) is 0 Å². The number of nitrogens with two attached hydrogens (primary N) is 1. The van der Waals surface area contributed by atoms with Gasteiger partial charge in [-0.1, -0.05) is 12.2 Å². The largest absolute Gasteiger partial charge is 0.392 e. The number of thiocarbonyl (C=S) groups is 1. The van der Waals surface area contributed by atoms with Crippen molar-refractivity contribution in [3.8, 4) is 0 Å². The Morgan fingerprint density at radius 3 is 2.71 bits per heavy atom. The van der Waals surface area contributed by atoms with Crippen molar-refractivity contribution in [3.05, 3.63) is 0 Å². The van der Waals surface area contributed by atoms with E-state index in [0.717, 1.165) is 13.1 Å². The number of nitrogens with zero attached hydrogens (tertiary/aromatic N) is 2. The molecular weight excluding hydrogens is 194 g/mol. The maximum atomic E-state index is 5.69. The highest BCUT2D eigenvalue weighted by molar-refractivity contribution is 7.80. The quantitative estimate of drug-likeness (QED) is 0.687. The van der Waals surface area contributed by atoms with Crippen LogP contribution in [0.3, 0.4) is 0 Å². The van der Waals surface area contributed by atoms with E-state index in [9.17, 15) is 0 Å². The van der Waals surface area contributed by atoms with E-state index >= 15 is 0 Å². The van der Waals surface area contributed by atoms with Crippen molar-refractivity contribution in [3.63, 3.8) is 0 Å². The summed E-state index contributed by atoms with van der Waals surface area (Å²) >= 11 is 5.05. The average Bonchev–Trinajstić information content (AvgIpc) is 2.25. The summed E-state index contributed by atoms with van der Waals surface area (Å²) in [5, 5.41) is 0. The van der Waals surface area contributed by atoms with Crippen molar-refractivity contribution < 1.29 is 0 Å². The molecule has 0 aromatic rings. The molecule has 0 spiro atoms. The summed E-state index contributed by atoms with van der Waals surface area (Å²) in [7, 11) is 2.17. The summed E-state index contributed by atoms with van der Waals surface area (Å²) in [6.45, 7) is 7.72. The van der Waals surface area contributed by atoms with Crippen LogP contribution >= 0.6 is 12.2 Å². The van der Waals surface area contributed by atoms with Gasteiger partial charge in [-0.05, 0) is 33.9 Å². The predicted molar refractivity (Wildman–Crippen MR) is 64.5 cm³/mol. The molecule has 1 heterocycles. The Hall–Kier alpha value is -0.190. The van der Waals surface area contributed by atoms with Gasteiger partial charge in [0.2, 0.25) is 0 Å². The van der Waals surface area contributed by atoms with Gasteiger partial charge >= 0.3 is 0 Å². The minimum atomic E-state index is 0.228. The Balaban J connectivity index is 2.62. The van der Waals surface area contributed by atoms with Gasteiger partial charge in [0.15, 0.2) is 0 Å². The molecule has 82 valence electrons. The molecule has 2 N–H and O–H groups in total. The second kappa shape index (κ2) is 5.05. The molecule has 14 heavy (non-hydrogen) atoms. The molecule has 2 atom stereocenters. The molecule has 0 aromatic heterocycles. The van der Waals surface area contributed by atoms with Crippen LogP contribution in [0.15, 0.2) is 0 Å². The van der Waals surface area contributed by atoms with Crippen molar-refractivity contribution in [1.82, 2.24) is 9.80 Å². The van der Waals surface area contributed by atoms with E-state index in [-0.39, 0.29) is 6.04 Å². The smallest absolute Gasteiger partial charge is 0.0899 e. The first-order valence-corrected chi connectivity index (χ1v) is 5.66. The van der Waals surface area contributed by atoms with Crippen LogP contribution in [0.4, 0.5) is 0 Å². The van der Waals surface area contributed by atoms with Gasteiger partial charge in [0.25, 0.3) is 0 Å². The van der Waals surface area contributed by atoms with Gasteiger partial charge in [0.1, 0.15) is 0 Å². The highest BCUT2D eigenvalue weighted by Gasteiger charge is 2.24. The molecule has 0 bridgehead atoms. The molecular formula is C10H21N3S. The molecule has 0 amide bonds. The fourth-order valence-corrected chi connectivity index (χ4v) is 2.27. The van der Waals surface area contributed by atoms with Gasteiger partial charge in [-0.15, -0.1) is 0 Å². The molecule has 1 fully saturated rings. The maximum Gasteiger partial charge on any atom is 0.0899 e. The average molecular weight is 215 g/mol. The topological polar surface area (TPSA) is 32.5 Å². The molecule has 1 aliphatic rings. The lowest BCUT2D eigenvalue weighted by molar-refractivity contribution is 0.186. The first kappa shape index (κ1) is 11.9. The SMILES string of the molecule is CC1CN(C)CCCN1C(C)C(N)=S. The first-order chi connectivity index (χ1) is 6.52. The molecule has 1 aliphatic heterocycles. The summed E-state index contributed by atoms with van der Waals surface area (Å²) in [5.74, 6) is 0. The molecule has 1 saturated heterocycles. The third-order valence-electron chi connectivity index (χ3n) is 3.01. The van der Waals surface area contributed by atoms with Crippen molar-refractivity contribution in [1.29, 1.82) is 0 Å². The third-order valence-corrected chi connectivity index (χ3v) is 3.35. The van der Waals surface area contributed by atoms with Crippen LogP contribution in [0.2, 0.25) is 0 Å². The van der Waals surface area contributed by atoms with Crippen molar-refractivity contribution in [2.45, 2.75) is 32.4 Å². The van der Waals surface area contributed by atoms with Gasteiger partial charge in [0, 0.05) is 19.1 Å². The predicted octanol–water partition coefficient (Wildman–Crippen LogP) is 0.687. The lowest BCUT2D eigenvalue weighted by atomic mass is 10.2. The van der Waals surface area contributed by atoms with E-state index in [1.54, 1.807) is 0 Å². The van der Waals surface area contributed by atoms with Gasteiger partial charge < -0.3 is 10.6 Å². The summed E-state index contributed by atoms with van der Waals surface area (Å²) < 4.78 is 0. The van der Waals surface area contributed by atoms with Gasteiger partial charge in [-0.25, -0.2) is 0 Å². The third kappa shape index (κ3) is 2.90. The monoisotopic (exact) mass is 215 g/mol. The Bertz CT molecular complexity index is 208. The van der Waals surface area contributed by atoms with Crippen molar-refractivity contribution >= 4 is 17.2 Å². The summed E-state index contributed by atoms with van der Waals surface area (Å²) in [6, 6.07) is 0.769. The maximum absolute atomic E-state index is 5.69. The summed E-state index contributed by atoms with van der Waals surface area (Å²) in [4.78, 5) is 5.39. The molecule has 0 aliphatic carbocycles. The normalized spacial score (nSPS) is 28.4. The Morgan fingerprint density at radius 2 is 2.14 bits per heavy atom. The number of likely N-dealkylation sites (N-methyl/N-ethyl adjacent to an activating group) is 1. The number of hydrogen-bond donors (Lipinski definition) is 1. The highest BCUT2D eigenvalue weighted by Crippen LogP contribution is 2.12. The fraction of sp³-hybridized carbons (Fsp3) is 0.900. The standard InChI is InChI=1S/C10H21N3S/c1-8-7-12(3)5-4-6-13(8)9(2)10(11)14/h8-9H,4-7H2,1-3H3,(H2,11,14). The minimum Gasteiger partial charge on any atom is -0.392 e. The Labute approximate surface area is 92.2 Å². The van der Waals surface area contributed by atoms with Crippen LogP contribution in [0.5, 0.6) is 0 Å². The minimum absolute atomic E-state index is 0.228. The van der Waals surface area contributed by atoms with Crippen LogP contribution in [0, 0.1) is 0 Å². The molecule has 3 nitrogen and oxygen atoms in total. The molecule has 4 heteroatoms. The molecule has 0 aromatic carbocycles. The fourth-order valence-electron chi connectivity index (χ4n) is 2.13. The van der Waals surface area contributed by atoms with Crippen LogP contribution in [-0.4, -0.2) is 53.6 Å². The Morgan fingerprint density at radius 1 is 1.50 bits per heavy atom. The van der Waals surface area contributed by atoms with Gasteiger partial charge in [-0.2, -0.15) is 0 Å². The number of hydrogen-bond acceptors (Lipinski definition) is 3. The van der Waals surface area contributed by atoms with Crippen LogP contribution < -0.4 is 5.73 Å². The second-order valence-electron chi connectivity index (χ2n) is 4.28. The first-order valence-electron chi connectivity index (χ1n) is 5.26. The molecule has 0 radical (unpaired) electrons. The molecule has 0 saturated carbocycles. The van der Waals surface area contributed by atoms with E-state index in [4.69, 9.17) is 18.0 Å². The van der Waals surface area contributed by atoms with Crippen molar-refractivity contribution in [2.24, 2.45) is 5.73 Å². The van der Waals surface area contributed by atoms with E-state index in [1.165, 1.54) is 13.0 Å². The van der Waals surface area contributed by atoms with Gasteiger partial charge in [-0.3, -0.25) is 4.90 Å². The lowest BCUT2D eigenvalue weighted by Crippen LogP contribution is -2.48. The van der Waals surface area contributed by atoms with Crippen molar-refractivity contribution in [2.75, 3.05) is 26.7 Å². The number of rotatable bonds is 2. The van der Waals surface area contributed by atoms with Crippen LogP contribution in [-0.2, 0) is 0 Å². The summed E-state index contributed by atoms with van der Waals surface area (Å²) in [5.41, 5.74) is 5.69. The molecule has 2 unspecified atom stereocenters. The second-order valence-corrected chi connectivity index (χ2v) is 4.75. The lowest BCUT2D eigenvalue weighted by Gasteiger charge is -2.32. The van der Waals surface area contributed by atoms with E-state index in [1.807, 2.05) is 0 Å². The summed E-state index contributed by atoms with van der Waals surface area (Å²) in [6.07, 6.45) is 1.20. The zero-order chi connectivity index (χ0) is 10.7.